The highest BCUT2D eigenvalue weighted by atomic mass is 16.7. The van der Waals surface area contributed by atoms with Crippen LogP contribution in [-0.4, -0.2) is 74.8 Å². The number of phenols is 2. The van der Waals surface area contributed by atoms with Gasteiger partial charge in [-0.3, -0.25) is 9.59 Å². The third-order valence-electron chi connectivity index (χ3n) is 5.63. The number of carbonyl (C=O) groups excluding carboxylic acids is 2. The SMILES string of the molecule is O=C([O-])CC(=O)OC[C@H]1O[C@@H](Oc2c(-c3ccc(O)cc3)oc3cc(O)cc([O-])c3c2=O)[C@H](O)[C@@H](O)[C@@H]1O. The Morgan fingerprint density at radius 3 is 2.32 bits per heavy atom. The van der Waals surface area contributed by atoms with Gasteiger partial charge in [0.2, 0.25) is 17.5 Å². The highest BCUT2D eigenvalue weighted by Crippen LogP contribution is 2.36. The molecule has 1 aromatic heterocycles. The van der Waals surface area contributed by atoms with Gasteiger partial charge in [-0.2, -0.15) is 0 Å². The lowest BCUT2D eigenvalue weighted by Gasteiger charge is -2.39. The molecule has 1 aliphatic heterocycles. The first-order chi connectivity index (χ1) is 18.0. The summed E-state index contributed by atoms with van der Waals surface area (Å²) in [6, 6.07) is 6.98. The van der Waals surface area contributed by atoms with Crippen molar-refractivity contribution in [2.75, 3.05) is 6.61 Å². The molecule has 38 heavy (non-hydrogen) atoms. The van der Waals surface area contributed by atoms with E-state index in [9.17, 15) is 50.1 Å². The topological polar surface area (TPSA) is 239 Å². The standard InChI is InChI=1S/C24H22O14/c25-10-3-1-9(2-4-10)22-23(19(32)17-12(27)5-11(26)6-13(17)36-22)38-24-21(34)20(33)18(31)14(37-24)8-35-16(30)7-15(28)29/h1-6,14,18,20-21,24-27,31,33-34H,7-8H2,(H,28,29)/p-2/t14-,18-,20+,21-,24+/m1/s1. The fraction of sp³-hybridized carbons (Fsp3) is 0.292. The molecule has 0 saturated carbocycles. The molecule has 0 aliphatic carbocycles. The second-order valence-electron chi connectivity index (χ2n) is 8.32. The van der Waals surface area contributed by atoms with Crippen molar-refractivity contribution in [2.45, 2.75) is 37.1 Å². The number of benzene rings is 2. The van der Waals surface area contributed by atoms with Gasteiger partial charge in [0.15, 0.2) is 5.76 Å². The molecule has 5 atom stereocenters. The van der Waals surface area contributed by atoms with Crippen LogP contribution in [0.4, 0.5) is 0 Å². The first-order valence-corrected chi connectivity index (χ1v) is 11.0. The molecule has 14 nitrogen and oxygen atoms in total. The number of aliphatic carboxylic acids is 1. The Morgan fingerprint density at radius 1 is 0.974 bits per heavy atom. The number of hydrogen-bond donors (Lipinski definition) is 5. The summed E-state index contributed by atoms with van der Waals surface area (Å²) in [5.41, 5.74) is -1.17. The number of carboxylic acids is 1. The van der Waals surface area contributed by atoms with Gasteiger partial charge in [-0.1, -0.05) is 5.75 Å². The van der Waals surface area contributed by atoms with Crippen LogP contribution in [0.25, 0.3) is 22.3 Å². The van der Waals surface area contributed by atoms with Crippen LogP contribution in [-0.2, 0) is 19.1 Å². The average molecular weight is 532 g/mol. The van der Waals surface area contributed by atoms with Crippen molar-refractivity contribution in [3.05, 3.63) is 46.6 Å². The highest BCUT2D eigenvalue weighted by molar-refractivity contribution is 5.89. The number of ether oxygens (including phenoxy) is 3. The number of fused-ring (bicyclic) bond motifs is 1. The summed E-state index contributed by atoms with van der Waals surface area (Å²) < 4.78 is 21.4. The number of carboxylic acid groups (broad SMARTS) is 1. The lowest BCUT2D eigenvalue weighted by atomic mass is 9.99. The molecule has 3 aromatic rings. The molecular formula is C24H20O14-2. The maximum absolute atomic E-state index is 13.4. The van der Waals surface area contributed by atoms with Crippen molar-refractivity contribution in [1.29, 1.82) is 0 Å². The third-order valence-corrected chi connectivity index (χ3v) is 5.63. The van der Waals surface area contributed by atoms with Gasteiger partial charge in [0, 0.05) is 11.6 Å². The minimum absolute atomic E-state index is 0.127. The van der Waals surface area contributed by atoms with E-state index in [2.05, 4.69) is 0 Å². The van der Waals surface area contributed by atoms with Gasteiger partial charge in [0.25, 0.3) is 0 Å². The van der Waals surface area contributed by atoms with E-state index < -0.39 is 83.7 Å². The molecule has 0 bridgehead atoms. The van der Waals surface area contributed by atoms with E-state index in [1.165, 1.54) is 24.3 Å². The van der Waals surface area contributed by atoms with Gasteiger partial charge in [-0.05, 0) is 30.3 Å². The minimum atomic E-state index is -1.96. The molecule has 1 aliphatic rings. The van der Waals surface area contributed by atoms with Crippen molar-refractivity contribution >= 4 is 22.9 Å². The number of aliphatic hydroxyl groups is 3. The Hall–Kier alpha value is -4.37. The van der Waals surface area contributed by atoms with Crippen LogP contribution in [0.2, 0.25) is 0 Å². The molecular weight excluding hydrogens is 512 g/mol. The summed E-state index contributed by atoms with van der Waals surface area (Å²) in [6.07, 6.45) is -10.2. The molecule has 4 rings (SSSR count). The smallest absolute Gasteiger partial charge is 0.311 e. The lowest BCUT2D eigenvalue weighted by molar-refractivity contribution is -0.305. The highest BCUT2D eigenvalue weighted by Gasteiger charge is 2.46. The molecule has 0 spiro atoms. The number of rotatable bonds is 7. The number of hydrogen-bond acceptors (Lipinski definition) is 14. The lowest BCUT2D eigenvalue weighted by Crippen LogP contribution is -2.60. The fourth-order valence-electron chi connectivity index (χ4n) is 3.77. The molecule has 2 aromatic carbocycles. The van der Waals surface area contributed by atoms with Crippen molar-refractivity contribution in [3.8, 4) is 34.3 Å². The van der Waals surface area contributed by atoms with Crippen LogP contribution in [0.3, 0.4) is 0 Å². The average Bonchev–Trinajstić information content (AvgIpc) is 2.84. The van der Waals surface area contributed by atoms with Crippen LogP contribution in [0, 0.1) is 0 Å². The van der Waals surface area contributed by atoms with Crippen LogP contribution in [0.1, 0.15) is 6.42 Å². The van der Waals surface area contributed by atoms with Gasteiger partial charge in [-0.25, -0.2) is 0 Å². The Labute approximate surface area is 212 Å². The molecule has 5 N–H and O–H groups in total. The quantitative estimate of drug-likeness (QED) is 0.160. The second kappa shape index (κ2) is 10.5. The van der Waals surface area contributed by atoms with Gasteiger partial charge in [0.05, 0.1) is 17.8 Å². The Morgan fingerprint density at radius 2 is 1.66 bits per heavy atom. The van der Waals surface area contributed by atoms with Crippen molar-refractivity contribution in [1.82, 2.24) is 0 Å². The van der Waals surface area contributed by atoms with Gasteiger partial charge >= 0.3 is 5.97 Å². The Kier molecular flexibility index (Phi) is 7.41. The molecule has 0 unspecified atom stereocenters. The normalized spacial score (nSPS) is 23.2. The number of carbonyl (C=O) groups is 2. The third kappa shape index (κ3) is 5.33. The van der Waals surface area contributed by atoms with Crippen molar-refractivity contribution < 1.29 is 64.0 Å². The molecule has 1 fully saturated rings. The zero-order chi connectivity index (χ0) is 27.7. The van der Waals surface area contributed by atoms with Crippen LogP contribution >= 0.6 is 0 Å². The molecule has 0 amide bonds. The monoisotopic (exact) mass is 532 g/mol. The minimum Gasteiger partial charge on any atom is -0.872 e. The van der Waals surface area contributed by atoms with E-state index in [1.807, 2.05) is 0 Å². The van der Waals surface area contributed by atoms with E-state index >= 15 is 0 Å². The predicted molar refractivity (Wildman–Crippen MR) is 119 cm³/mol. The molecule has 14 heteroatoms. The van der Waals surface area contributed by atoms with Crippen molar-refractivity contribution in [2.24, 2.45) is 0 Å². The van der Waals surface area contributed by atoms with Crippen LogP contribution < -0.4 is 20.4 Å². The van der Waals surface area contributed by atoms with Gasteiger partial charge in [0.1, 0.15) is 48.1 Å². The summed E-state index contributed by atoms with van der Waals surface area (Å²) in [5, 5.41) is 72.8. The maximum Gasteiger partial charge on any atom is 0.311 e. The summed E-state index contributed by atoms with van der Waals surface area (Å²) in [6.45, 7) is -0.766. The number of aliphatic hydroxyl groups excluding tert-OH is 3. The van der Waals surface area contributed by atoms with Crippen LogP contribution in [0.15, 0.2) is 45.6 Å². The van der Waals surface area contributed by atoms with Crippen LogP contribution in [0.5, 0.6) is 23.0 Å². The molecule has 1 saturated heterocycles. The summed E-state index contributed by atoms with van der Waals surface area (Å²) in [5.74, 6) is -5.42. The summed E-state index contributed by atoms with van der Waals surface area (Å²) >= 11 is 0. The first kappa shape index (κ1) is 26.7. The zero-order valence-electron chi connectivity index (χ0n) is 19.2. The van der Waals surface area contributed by atoms with E-state index in [-0.39, 0.29) is 22.7 Å². The largest absolute Gasteiger partial charge is 0.872 e. The Bertz CT molecular complexity index is 1410. The molecule has 202 valence electrons. The number of esters is 1. The van der Waals surface area contributed by atoms with E-state index in [4.69, 9.17) is 18.6 Å². The van der Waals surface area contributed by atoms with Crippen molar-refractivity contribution in [3.63, 3.8) is 0 Å². The van der Waals surface area contributed by atoms with E-state index in [0.29, 0.717) is 0 Å². The number of phenolic OH excluding ortho intramolecular Hbond substituents is 2. The Balaban J connectivity index is 1.73. The predicted octanol–water partition coefficient (Wildman–Crippen LogP) is -2.19. The van der Waals surface area contributed by atoms with E-state index in [0.717, 1.165) is 12.1 Å². The van der Waals surface area contributed by atoms with Gasteiger partial charge in [-0.15, -0.1) is 0 Å². The molecule has 2 heterocycles. The first-order valence-electron chi connectivity index (χ1n) is 11.0. The summed E-state index contributed by atoms with van der Waals surface area (Å²) in [7, 11) is 0. The fourth-order valence-corrected chi connectivity index (χ4v) is 3.77. The zero-order valence-corrected chi connectivity index (χ0v) is 19.2. The second-order valence-corrected chi connectivity index (χ2v) is 8.32. The number of aromatic hydroxyl groups is 2. The maximum atomic E-state index is 13.4. The molecule has 0 radical (unpaired) electrons. The summed E-state index contributed by atoms with van der Waals surface area (Å²) in [4.78, 5) is 35.4. The van der Waals surface area contributed by atoms with Gasteiger partial charge < -0.3 is 59.2 Å². The van der Waals surface area contributed by atoms with E-state index in [1.54, 1.807) is 0 Å².